The fraction of sp³-hybridized carbons (Fsp3) is 0.312. The van der Waals surface area contributed by atoms with Gasteiger partial charge in [0.05, 0.1) is 11.7 Å². The van der Waals surface area contributed by atoms with Gasteiger partial charge in [0.15, 0.2) is 0 Å². The Balaban J connectivity index is 1.57. The number of rotatable bonds is 4. The van der Waals surface area contributed by atoms with E-state index in [0.717, 1.165) is 0 Å². The van der Waals surface area contributed by atoms with Crippen molar-refractivity contribution < 1.29 is 14.3 Å². The van der Waals surface area contributed by atoms with E-state index in [1.165, 1.54) is 16.8 Å². The van der Waals surface area contributed by atoms with Gasteiger partial charge in [-0.05, 0) is 25.0 Å². The molecule has 1 aromatic heterocycles. The van der Waals surface area contributed by atoms with Crippen LogP contribution in [0.4, 0.5) is 0 Å². The lowest BCUT2D eigenvalue weighted by atomic mass is 10.2. The topological polar surface area (TPSA) is 90.4 Å². The largest absolute Gasteiger partial charge is 0.459 e. The number of benzene rings is 1. The summed E-state index contributed by atoms with van der Waals surface area (Å²) in [4.78, 5) is 36.9. The van der Waals surface area contributed by atoms with Gasteiger partial charge in [0.25, 0.3) is 5.56 Å². The number of hydrogen-bond donors (Lipinski definition) is 1. The van der Waals surface area contributed by atoms with Crippen LogP contribution in [0.3, 0.4) is 0 Å². The second kappa shape index (κ2) is 6.62. The Morgan fingerprint density at radius 1 is 1.22 bits per heavy atom. The zero-order chi connectivity index (χ0) is 16.2. The minimum atomic E-state index is -0.510. The SMILES string of the molecule is O=C(OC[C@H]1CC[C@@H](n2ccc(=O)[nH]c2=O)O1)c1ccccc1. The van der Waals surface area contributed by atoms with Gasteiger partial charge >= 0.3 is 11.7 Å². The van der Waals surface area contributed by atoms with Gasteiger partial charge in [-0.15, -0.1) is 0 Å². The van der Waals surface area contributed by atoms with Crippen molar-refractivity contribution in [1.82, 2.24) is 9.55 Å². The number of nitrogens with one attached hydrogen (secondary N) is 1. The first kappa shape index (κ1) is 15.2. The minimum absolute atomic E-state index is 0.127. The van der Waals surface area contributed by atoms with Crippen LogP contribution in [0.25, 0.3) is 0 Å². The van der Waals surface area contributed by atoms with E-state index in [1.807, 2.05) is 6.07 Å². The normalized spacial score (nSPS) is 20.3. The zero-order valence-corrected chi connectivity index (χ0v) is 12.3. The smallest absolute Gasteiger partial charge is 0.338 e. The van der Waals surface area contributed by atoms with Gasteiger partial charge in [-0.3, -0.25) is 14.3 Å². The Hall–Kier alpha value is -2.67. The van der Waals surface area contributed by atoms with E-state index < -0.39 is 23.4 Å². The quantitative estimate of drug-likeness (QED) is 0.852. The molecule has 2 atom stereocenters. The highest BCUT2D eigenvalue weighted by atomic mass is 16.6. The van der Waals surface area contributed by atoms with Crippen LogP contribution in [-0.4, -0.2) is 28.2 Å². The van der Waals surface area contributed by atoms with Crippen LogP contribution in [0, 0.1) is 0 Å². The molecule has 0 aliphatic carbocycles. The van der Waals surface area contributed by atoms with Gasteiger partial charge in [0, 0.05) is 12.3 Å². The van der Waals surface area contributed by atoms with Crippen molar-refractivity contribution in [3.63, 3.8) is 0 Å². The van der Waals surface area contributed by atoms with Crippen LogP contribution in [0.1, 0.15) is 29.4 Å². The minimum Gasteiger partial charge on any atom is -0.459 e. The maximum atomic E-state index is 11.9. The first-order chi connectivity index (χ1) is 11.1. The molecule has 1 aliphatic rings. The van der Waals surface area contributed by atoms with Crippen molar-refractivity contribution in [2.45, 2.75) is 25.2 Å². The third kappa shape index (κ3) is 3.57. The molecule has 1 fully saturated rings. The van der Waals surface area contributed by atoms with Crippen LogP contribution >= 0.6 is 0 Å². The molecule has 0 spiro atoms. The predicted molar refractivity (Wildman–Crippen MR) is 81.2 cm³/mol. The Kier molecular flexibility index (Phi) is 4.38. The molecule has 0 bridgehead atoms. The number of ether oxygens (including phenoxy) is 2. The summed E-state index contributed by atoms with van der Waals surface area (Å²) in [5.74, 6) is -0.404. The highest BCUT2D eigenvalue weighted by Crippen LogP contribution is 2.27. The molecule has 2 aromatic rings. The lowest BCUT2D eigenvalue weighted by Crippen LogP contribution is -2.31. The second-order valence-corrected chi connectivity index (χ2v) is 5.27. The van der Waals surface area contributed by atoms with Crippen LogP contribution in [0.15, 0.2) is 52.2 Å². The number of hydrogen-bond acceptors (Lipinski definition) is 5. The van der Waals surface area contributed by atoms with Crippen molar-refractivity contribution >= 4 is 5.97 Å². The first-order valence-corrected chi connectivity index (χ1v) is 7.32. The Morgan fingerprint density at radius 3 is 2.74 bits per heavy atom. The van der Waals surface area contributed by atoms with Crippen molar-refractivity contribution in [2.75, 3.05) is 6.61 Å². The molecule has 3 rings (SSSR count). The van der Waals surface area contributed by atoms with Crippen molar-refractivity contribution in [3.05, 3.63) is 69.0 Å². The molecule has 7 heteroatoms. The summed E-state index contributed by atoms with van der Waals surface area (Å²) in [6, 6.07) is 9.99. The van der Waals surface area contributed by atoms with Crippen LogP contribution in [-0.2, 0) is 9.47 Å². The Labute approximate surface area is 131 Å². The highest BCUT2D eigenvalue weighted by Gasteiger charge is 2.28. The standard InChI is InChI=1S/C16H16N2O5/c19-13-8-9-18(16(21)17-13)14-7-6-12(23-14)10-22-15(20)11-4-2-1-3-5-11/h1-5,8-9,12,14H,6-7,10H2,(H,17,19,21)/t12-,14+/m1/s1. The molecular formula is C16H16N2O5. The van der Waals surface area contributed by atoms with Crippen LogP contribution in [0.5, 0.6) is 0 Å². The summed E-state index contributed by atoms with van der Waals surface area (Å²) in [6.07, 6.45) is 1.95. The van der Waals surface area contributed by atoms with E-state index in [9.17, 15) is 14.4 Å². The van der Waals surface area contributed by atoms with E-state index in [0.29, 0.717) is 18.4 Å². The molecule has 1 aromatic carbocycles. The Bertz CT molecular complexity index is 796. The molecule has 0 amide bonds. The first-order valence-electron chi connectivity index (χ1n) is 7.32. The fourth-order valence-electron chi connectivity index (χ4n) is 2.49. The van der Waals surface area contributed by atoms with E-state index in [1.54, 1.807) is 24.3 Å². The van der Waals surface area contributed by atoms with E-state index in [4.69, 9.17) is 9.47 Å². The molecule has 1 saturated heterocycles. The summed E-state index contributed by atoms with van der Waals surface area (Å²) < 4.78 is 12.3. The fourth-order valence-corrected chi connectivity index (χ4v) is 2.49. The number of carbonyl (C=O) groups is 1. The molecule has 23 heavy (non-hydrogen) atoms. The van der Waals surface area contributed by atoms with E-state index >= 15 is 0 Å². The third-order valence-corrected chi connectivity index (χ3v) is 3.66. The maximum Gasteiger partial charge on any atom is 0.338 e. The van der Waals surface area contributed by atoms with E-state index in [-0.39, 0.29) is 12.7 Å². The van der Waals surface area contributed by atoms with Gasteiger partial charge < -0.3 is 9.47 Å². The van der Waals surface area contributed by atoms with Gasteiger partial charge in [-0.25, -0.2) is 9.59 Å². The van der Waals surface area contributed by atoms with Gasteiger partial charge in [0.1, 0.15) is 12.8 Å². The second-order valence-electron chi connectivity index (χ2n) is 5.27. The van der Waals surface area contributed by atoms with Gasteiger partial charge in [-0.2, -0.15) is 0 Å². The zero-order valence-electron chi connectivity index (χ0n) is 12.3. The van der Waals surface area contributed by atoms with Crippen molar-refractivity contribution in [2.24, 2.45) is 0 Å². The van der Waals surface area contributed by atoms with Crippen LogP contribution in [0.2, 0.25) is 0 Å². The molecule has 7 nitrogen and oxygen atoms in total. The summed E-state index contributed by atoms with van der Waals surface area (Å²) in [7, 11) is 0. The number of aromatic nitrogens is 2. The third-order valence-electron chi connectivity index (χ3n) is 3.66. The van der Waals surface area contributed by atoms with Crippen LogP contribution < -0.4 is 11.2 Å². The molecule has 0 saturated carbocycles. The average Bonchev–Trinajstić information content (AvgIpc) is 3.02. The lowest BCUT2D eigenvalue weighted by molar-refractivity contribution is -0.0340. The monoisotopic (exact) mass is 316 g/mol. The summed E-state index contributed by atoms with van der Waals surface area (Å²) in [6.45, 7) is 0.127. The molecule has 1 aliphatic heterocycles. The number of H-pyrrole nitrogens is 1. The molecule has 2 heterocycles. The molecular weight excluding hydrogens is 300 g/mol. The predicted octanol–water partition coefficient (Wildman–Crippen LogP) is 1.07. The summed E-state index contributed by atoms with van der Waals surface area (Å²) >= 11 is 0. The van der Waals surface area contributed by atoms with E-state index in [2.05, 4.69) is 4.98 Å². The number of carbonyl (C=O) groups excluding carboxylic acids is 1. The molecule has 0 radical (unpaired) electrons. The molecule has 1 N–H and O–H groups in total. The highest BCUT2D eigenvalue weighted by molar-refractivity contribution is 5.89. The maximum absolute atomic E-state index is 11.9. The van der Waals surface area contributed by atoms with Gasteiger partial charge in [0.2, 0.25) is 0 Å². The number of nitrogens with zero attached hydrogens (tertiary/aromatic N) is 1. The molecule has 120 valence electrons. The lowest BCUT2D eigenvalue weighted by Gasteiger charge is -2.15. The number of esters is 1. The van der Waals surface area contributed by atoms with Crippen molar-refractivity contribution in [1.29, 1.82) is 0 Å². The van der Waals surface area contributed by atoms with Gasteiger partial charge in [-0.1, -0.05) is 18.2 Å². The average molecular weight is 316 g/mol. The van der Waals surface area contributed by atoms with Crippen molar-refractivity contribution in [3.8, 4) is 0 Å². The summed E-state index contributed by atoms with van der Waals surface area (Å²) in [5.41, 5.74) is -0.471. The molecule has 0 unspecified atom stereocenters. The number of aromatic amines is 1. The Morgan fingerprint density at radius 2 is 2.00 bits per heavy atom. The summed E-state index contributed by atoms with van der Waals surface area (Å²) in [5, 5.41) is 0.